The van der Waals surface area contributed by atoms with Crippen LogP contribution >= 0.6 is 24.0 Å². The van der Waals surface area contributed by atoms with E-state index >= 15 is 0 Å². The van der Waals surface area contributed by atoms with E-state index in [4.69, 9.17) is 4.74 Å². The van der Waals surface area contributed by atoms with Gasteiger partial charge < -0.3 is 20.3 Å². The van der Waals surface area contributed by atoms with Crippen molar-refractivity contribution in [3.63, 3.8) is 0 Å². The number of halogens is 2. The molecular weight excluding hydrogens is 470 g/mol. The van der Waals surface area contributed by atoms with E-state index in [2.05, 4.69) is 27.8 Å². The number of morpholine rings is 1. The molecule has 0 amide bonds. The molecule has 0 bridgehead atoms. The number of benzene rings is 2. The highest BCUT2D eigenvalue weighted by atomic mass is 127. The molecular formula is C21H28FIN4O. The molecule has 0 saturated carbocycles. The normalized spacial score (nSPS) is 14.4. The molecule has 0 aliphatic carbocycles. The fourth-order valence-electron chi connectivity index (χ4n) is 3.10. The Labute approximate surface area is 183 Å². The lowest BCUT2D eigenvalue weighted by Gasteiger charge is -2.29. The van der Waals surface area contributed by atoms with Crippen molar-refractivity contribution >= 4 is 35.6 Å². The molecule has 1 saturated heterocycles. The Bertz CT molecular complexity index is 751. The van der Waals surface area contributed by atoms with Crippen LogP contribution in [0.4, 0.5) is 10.1 Å². The Morgan fingerprint density at radius 3 is 2.50 bits per heavy atom. The van der Waals surface area contributed by atoms with Crippen LogP contribution in [0.5, 0.6) is 0 Å². The highest BCUT2D eigenvalue weighted by molar-refractivity contribution is 14.0. The van der Waals surface area contributed by atoms with Crippen molar-refractivity contribution in [1.29, 1.82) is 0 Å². The summed E-state index contributed by atoms with van der Waals surface area (Å²) in [6.45, 7) is 4.06. The number of nitrogens with zero attached hydrogens (tertiary/aromatic N) is 2. The van der Waals surface area contributed by atoms with E-state index in [0.717, 1.165) is 31.6 Å². The lowest BCUT2D eigenvalue weighted by molar-refractivity contribution is 0.122. The first-order chi connectivity index (χ1) is 13.3. The molecule has 0 radical (unpaired) electrons. The number of hydrogen-bond acceptors (Lipinski definition) is 3. The average molecular weight is 498 g/mol. The van der Waals surface area contributed by atoms with Gasteiger partial charge in [0.15, 0.2) is 5.96 Å². The summed E-state index contributed by atoms with van der Waals surface area (Å²) in [5.74, 6) is 0.520. The molecule has 0 atom stereocenters. The third-order valence-corrected chi connectivity index (χ3v) is 4.60. The fourth-order valence-corrected chi connectivity index (χ4v) is 3.10. The van der Waals surface area contributed by atoms with Crippen LogP contribution in [0.2, 0.25) is 0 Å². The van der Waals surface area contributed by atoms with Crippen LogP contribution in [0, 0.1) is 5.82 Å². The molecule has 2 N–H and O–H groups in total. The Morgan fingerprint density at radius 1 is 1.07 bits per heavy atom. The average Bonchev–Trinajstić information content (AvgIpc) is 2.72. The first kappa shape index (κ1) is 22.4. The second kappa shape index (κ2) is 11.9. The largest absolute Gasteiger partial charge is 0.378 e. The molecule has 1 aliphatic rings. The Morgan fingerprint density at radius 2 is 1.82 bits per heavy atom. The molecule has 7 heteroatoms. The van der Waals surface area contributed by atoms with Gasteiger partial charge in [0.1, 0.15) is 5.82 Å². The monoisotopic (exact) mass is 498 g/mol. The van der Waals surface area contributed by atoms with E-state index in [9.17, 15) is 4.39 Å². The number of aliphatic imine (C=N–C) groups is 1. The minimum Gasteiger partial charge on any atom is -0.378 e. The van der Waals surface area contributed by atoms with Gasteiger partial charge in [-0.05, 0) is 29.7 Å². The zero-order valence-electron chi connectivity index (χ0n) is 16.2. The Balaban J connectivity index is 0.00000280. The molecule has 1 heterocycles. The first-order valence-electron chi connectivity index (χ1n) is 9.36. The molecule has 0 spiro atoms. The van der Waals surface area contributed by atoms with Crippen molar-refractivity contribution in [3.8, 4) is 0 Å². The number of anilines is 1. The van der Waals surface area contributed by atoms with E-state index in [1.165, 1.54) is 5.56 Å². The van der Waals surface area contributed by atoms with Gasteiger partial charge in [-0.2, -0.15) is 0 Å². The second-order valence-electron chi connectivity index (χ2n) is 6.47. The maximum absolute atomic E-state index is 14.5. The van der Waals surface area contributed by atoms with Crippen molar-refractivity contribution < 1.29 is 9.13 Å². The number of nitrogens with one attached hydrogen (secondary N) is 2. The van der Waals surface area contributed by atoms with Gasteiger partial charge in [0.2, 0.25) is 0 Å². The van der Waals surface area contributed by atoms with Crippen LogP contribution in [0.3, 0.4) is 0 Å². The summed E-state index contributed by atoms with van der Waals surface area (Å²) in [4.78, 5) is 6.25. The minimum atomic E-state index is -0.191. The SMILES string of the molecule is CN=C(NCCc1ccccc1)NCc1ccc(N2CCOCC2)c(F)c1.I. The summed E-state index contributed by atoms with van der Waals surface area (Å²) in [6.07, 6.45) is 0.921. The molecule has 3 rings (SSSR count). The molecule has 28 heavy (non-hydrogen) atoms. The van der Waals surface area contributed by atoms with Crippen molar-refractivity contribution in [2.24, 2.45) is 4.99 Å². The topological polar surface area (TPSA) is 48.9 Å². The highest BCUT2D eigenvalue weighted by Gasteiger charge is 2.15. The lowest BCUT2D eigenvalue weighted by atomic mass is 10.1. The standard InChI is InChI=1S/C21H27FN4O.HI/c1-23-21(24-10-9-17-5-3-2-4-6-17)25-16-18-7-8-20(19(22)15-18)26-11-13-27-14-12-26;/h2-8,15H,9-14,16H2,1H3,(H2,23,24,25);1H. The summed E-state index contributed by atoms with van der Waals surface area (Å²) in [6, 6.07) is 15.7. The number of rotatable bonds is 6. The second-order valence-corrected chi connectivity index (χ2v) is 6.47. The van der Waals surface area contributed by atoms with Gasteiger partial charge in [-0.15, -0.1) is 24.0 Å². The van der Waals surface area contributed by atoms with Crippen LogP contribution in [0.25, 0.3) is 0 Å². The zero-order chi connectivity index (χ0) is 18.9. The first-order valence-corrected chi connectivity index (χ1v) is 9.36. The predicted octanol–water partition coefficient (Wildman–Crippen LogP) is 3.19. The van der Waals surface area contributed by atoms with Gasteiger partial charge in [0, 0.05) is 33.2 Å². The maximum atomic E-state index is 14.5. The zero-order valence-corrected chi connectivity index (χ0v) is 18.5. The fraction of sp³-hybridized carbons (Fsp3) is 0.381. The van der Waals surface area contributed by atoms with Crippen LogP contribution in [0.1, 0.15) is 11.1 Å². The maximum Gasteiger partial charge on any atom is 0.191 e. The molecule has 2 aromatic rings. The Hall–Kier alpha value is -1.87. The molecule has 152 valence electrons. The van der Waals surface area contributed by atoms with Crippen LogP contribution in [-0.4, -0.2) is 45.9 Å². The van der Waals surface area contributed by atoms with E-state index in [0.29, 0.717) is 31.4 Å². The van der Waals surface area contributed by atoms with Gasteiger partial charge in [0.05, 0.1) is 18.9 Å². The molecule has 0 aromatic heterocycles. The molecule has 1 aliphatic heterocycles. The van der Waals surface area contributed by atoms with Crippen LogP contribution < -0.4 is 15.5 Å². The van der Waals surface area contributed by atoms with Crippen LogP contribution in [-0.2, 0) is 17.7 Å². The molecule has 5 nitrogen and oxygen atoms in total. The van der Waals surface area contributed by atoms with E-state index < -0.39 is 0 Å². The van der Waals surface area contributed by atoms with Crippen molar-refractivity contribution in [2.45, 2.75) is 13.0 Å². The van der Waals surface area contributed by atoms with Gasteiger partial charge in [-0.1, -0.05) is 36.4 Å². The van der Waals surface area contributed by atoms with Crippen molar-refractivity contribution in [3.05, 3.63) is 65.5 Å². The third-order valence-electron chi connectivity index (χ3n) is 4.60. The van der Waals surface area contributed by atoms with E-state index in [-0.39, 0.29) is 29.8 Å². The number of hydrogen-bond donors (Lipinski definition) is 2. The van der Waals surface area contributed by atoms with Crippen LogP contribution in [0.15, 0.2) is 53.5 Å². The summed E-state index contributed by atoms with van der Waals surface area (Å²) >= 11 is 0. The van der Waals surface area contributed by atoms with Gasteiger partial charge in [-0.3, -0.25) is 4.99 Å². The van der Waals surface area contributed by atoms with E-state index in [1.807, 2.05) is 35.2 Å². The summed E-state index contributed by atoms with van der Waals surface area (Å²) in [7, 11) is 1.74. The molecule has 0 unspecified atom stereocenters. The summed E-state index contributed by atoms with van der Waals surface area (Å²) < 4.78 is 19.8. The van der Waals surface area contributed by atoms with Crippen molar-refractivity contribution in [2.75, 3.05) is 44.8 Å². The van der Waals surface area contributed by atoms with Gasteiger partial charge >= 0.3 is 0 Å². The third kappa shape index (κ3) is 6.63. The van der Waals surface area contributed by atoms with Gasteiger partial charge in [0.25, 0.3) is 0 Å². The number of ether oxygens (including phenoxy) is 1. The van der Waals surface area contributed by atoms with Gasteiger partial charge in [-0.25, -0.2) is 4.39 Å². The van der Waals surface area contributed by atoms with E-state index in [1.54, 1.807) is 13.1 Å². The quantitative estimate of drug-likeness (QED) is 0.365. The molecule has 2 aromatic carbocycles. The summed E-state index contributed by atoms with van der Waals surface area (Å²) in [5, 5.41) is 6.53. The summed E-state index contributed by atoms with van der Waals surface area (Å²) in [5.41, 5.74) is 2.81. The number of guanidine groups is 1. The lowest BCUT2D eigenvalue weighted by Crippen LogP contribution is -2.38. The molecule has 1 fully saturated rings. The minimum absolute atomic E-state index is 0. The predicted molar refractivity (Wildman–Crippen MR) is 123 cm³/mol. The smallest absolute Gasteiger partial charge is 0.191 e. The Kier molecular flexibility index (Phi) is 9.49. The highest BCUT2D eigenvalue weighted by Crippen LogP contribution is 2.21. The van der Waals surface area contributed by atoms with Crippen molar-refractivity contribution in [1.82, 2.24) is 10.6 Å².